The first kappa shape index (κ1) is 14.2. The Morgan fingerprint density at radius 1 is 1.11 bits per heavy atom. The van der Waals surface area contributed by atoms with Crippen LogP contribution in [0.2, 0.25) is 0 Å². The summed E-state index contributed by atoms with van der Waals surface area (Å²) in [5, 5.41) is 0. The van der Waals surface area contributed by atoms with Gasteiger partial charge in [-0.15, -0.1) is 0 Å². The molecule has 0 atom stereocenters. The summed E-state index contributed by atoms with van der Waals surface area (Å²) < 4.78 is 28.3. The third-order valence-electron chi connectivity index (χ3n) is 4.02. The fraction of sp³-hybridized carbons (Fsp3) is 1.00. The van der Waals surface area contributed by atoms with E-state index in [1.54, 1.807) is 4.31 Å². The summed E-state index contributed by atoms with van der Waals surface area (Å²) in [6.45, 7) is 2.47. The lowest BCUT2D eigenvalue weighted by molar-refractivity contribution is 0.275. The van der Waals surface area contributed by atoms with Crippen molar-refractivity contribution in [3.8, 4) is 0 Å². The number of nitrogens with zero attached hydrogens (tertiary/aromatic N) is 1. The van der Waals surface area contributed by atoms with Crippen molar-refractivity contribution in [2.45, 2.75) is 38.5 Å². The quantitative estimate of drug-likeness (QED) is 0.671. The SMILES string of the molecule is NCC1CCN(S(=O)(=O)NCCCC2CC2)CC1. The van der Waals surface area contributed by atoms with Gasteiger partial charge < -0.3 is 5.73 Å². The molecule has 0 aromatic carbocycles. The van der Waals surface area contributed by atoms with Gasteiger partial charge in [-0.3, -0.25) is 0 Å². The molecule has 0 spiro atoms. The smallest absolute Gasteiger partial charge is 0.279 e. The van der Waals surface area contributed by atoms with Crippen LogP contribution in [-0.4, -0.2) is 38.9 Å². The Kier molecular flexibility index (Phi) is 5.00. The van der Waals surface area contributed by atoms with Crippen molar-refractivity contribution in [1.82, 2.24) is 9.03 Å². The predicted molar refractivity (Wildman–Crippen MR) is 72.2 cm³/mol. The summed E-state index contributed by atoms with van der Waals surface area (Å²) in [5.74, 6) is 1.36. The Morgan fingerprint density at radius 3 is 2.33 bits per heavy atom. The average Bonchev–Trinajstić information content (AvgIpc) is 3.19. The van der Waals surface area contributed by atoms with Crippen LogP contribution >= 0.6 is 0 Å². The molecule has 5 nitrogen and oxygen atoms in total. The van der Waals surface area contributed by atoms with Gasteiger partial charge in [0.15, 0.2) is 0 Å². The van der Waals surface area contributed by atoms with E-state index in [0.29, 0.717) is 32.1 Å². The van der Waals surface area contributed by atoms with E-state index in [9.17, 15) is 8.42 Å². The van der Waals surface area contributed by atoms with Crippen LogP contribution in [0.1, 0.15) is 38.5 Å². The zero-order valence-electron chi connectivity index (χ0n) is 11.0. The molecule has 6 heteroatoms. The van der Waals surface area contributed by atoms with Gasteiger partial charge in [0.25, 0.3) is 10.2 Å². The number of hydrogen-bond acceptors (Lipinski definition) is 3. The molecule has 0 aromatic rings. The number of hydrogen-bond donors (Lipinski definition) is 2. The standard InChI is InChI=1S/C12H25N3O2S/c13-10-12-5-8-15(9-6-12)18(16,17)14-7-1-2-11-3-4-11/h11-12,14H,1-10,13H2. The monoisotopic (exact) mass is 275 g/mol. The van der Waals surface area contributed by atoms with E-state index in [1.165, 1.54) is 12.8 Å². The first-order valence-corrected chi connectivity index (χ1v) is 8.50. The van der Waals surface area contributed by atoms with Crippen LogP contribution in [0.25, 0.3) is 0 Å². The first-order valence-electron chi connectivity index (χ1n) is 7.06. The maximum absolute atomic E-state index is 12.0. The molecular formula is C12H25N3O2S. The highest BCUT2D eigenvalue weighted by atomic mass is 32.2. The number of nitrogens with two attached hydrogens (primary N) is 1. The molecule has 0 amide bonds. The van der Waals surface area contributed by atoms with Crippen molar-refractivity contribution < 1.29 is 8.42 Å². The molecule has 1 saturated heterocycles. The van der Waals surface area contributed by atoms with Crippen LogP contribution in [0, 0.1) is 11.8 Å². The lowest BCUT2D eigenvalue weighted by Gasteiger charge is -2.30. The van der Waals surface area contributed by atoms with Crippen molar-refractivity contribution in [3.05, 3.63) is 0 Å². The second-order valence-electron chi connectivity index (χ2n) is 5.56. The maximum Gasteiger partial charge on any atom is 0.279 e. The molecule has 1 saturated carbocycles. The zero-order valence-corrected chi connectivity index (χ0v) is 11.8. The largest absolute Gasteiger partial charge is 0.330 e. The second-order valence-corrected chi connectivity index (χ2v) is 7.32. The van der Waals surface area contributed by atoms with Gasteiger partial charge in [0.2, 0.25) is 0 Å². The van der Waals surface area contributed by atoms with E-state index in [2.05, 4.69) is 4.72 Å². The van der Waals surface area contributed by atoms with Gasteiger partial charge in [-0.25, -0.2) is 4.72 Å². The highest BCUT2D eigenvalue weighted by Crippen LogP contribution is 2.33. The normalized spacial score (nSPS) is 23.4. The summed E-state index contributed by atoms with van der Waals surface area (Å²) in [4.78, 5) is 0. The van der Waals surface area contributed by atoms with Crippen LogP contribution in [0.4, 0.5) is 0 Å². The zero-order chi connectivity index (χ0) is 13.0. The van der Waals surface area contributed by atoms with E-state index in [-0.39, 0.29) is 0 Å². The molecule has 3 N–H and O–H groups in total. The van der Waals surface area contributed by atoms with Gasteiger partial charge in [-0.1, -0.05) is 12.8 Å². The molecule has 0 bridgehead atoms. The van der Waals surface area contributed by atoms with Crippen molar-refractivity contribution >= 4 is 10.2 Å². The summed E-state index contributed by atoms with van der Waals surface area (Å²) in [6.07, 6.45) is 6.57. The molecule has 1 heterocycles. The van der Waals surface area contributed by atoms with Gasteiger partial charge in [0.05, 0.1) is 0 Å². The van der Waals surface area contributed by atoms with E-state index in [0.717, 1.165) is 31.6 Å². The predicted octanol–water partition coefficient (Wildman–Crippen LogP) is 0.682. The van der Waals surface area contributed by atoms with Gasteiger partial charge in [-0.2, -0.15) is 12.7 Å². The van der Waals surface area contributed by atoms with Gasteiger partial charge in [-0.05, 0) is 44.1 Å². The number of rotatable bonds is 7. The number of piperidine rings is 1. The Hall–Kier alpha value is -0.170. The minimum absolute atomic E-state index is 0.492. The molecule has 0 unspecified atom stereocenters. The minimum atomic E-state index is -3.25. The van der Waals surface area contributed by atoms with Gasteiger partial charge in [0.1, 0.15) is 0 Å². The second kappa shape index (κ2) is 6.32. The lowest BCUT2D eigenvalue weighted by atomic mass is 9.99. The number of nitrogens with one attached hydrogen (secondary N) is 1. The van der Waals surface area contributed by atoms with Crippen LogP contribution in [0.15, 0.2) is 0 Å². The Morgan fingerprint density at radius 2 is 1.78 bits per heavy atom. The highest BCUT2D eigenvalue weighted by Gasteiger charge is 2.27. The van der Waals surface area contributed by atoms with Crippen LogP contribution in [-0.2, 0) is 10.2 Å². The van der Waals surface area contributed by atoms with E-state index >= 15 is 0 Å². The molecule has 0 aromatic heterocycles. The van der Waals surface area contributed by atoms with E-state index in [4.69, 9.17) is 5.73 Å². The lowest BCUT2D eigenvalue weighted by Crippen LogP contribution is -2.46. The molecule has 2 fully saturated rings. The van der Waals surface area contributed by atoms with Gasteiger partial charge >= 0.3 is 0 Å². The first-order chi connectivity index (χ1) is 8.62. The average molecular weight is 275 g/mol. The molecule has 0 radical (unpaired) electrons. The fourth-order valence-corrected chi connectivity index (χ4v) is 3.75. The minimum Gasteiger partial charge on any atom is -0.330 e. The molecule has 2 aliphatic rings. The van der Waals surface area contributed by atoms with Crippen molar-refractivity contribution in [2.24, 2.45) is 17.6 Å². The fourth-order valence-electron chi connectivity index (χ4n) is 2.48. The molecule has 2 rings (SSSR count). The third-order valence-corrected chi connectivity index (χ3v) is 5.63. The molecule has 1 aliphatic carbocycles. The van der Waals surface area contributed by atoms with Crippen molar-refractivity contribution in [3.63, 3.8) is 0 Å². The molecule has 106 valence electrons. The Bertz CT molecular complexity index is 346. The summed E-state index contributed by atoms with van der Waals surface area (Å²) in [7, 11) is -3.25. The van der Waals surface area contributed by atoms with Crippen LogP contribution in [0.3, 0.4) is 0 Å². The van der Waals surface area contributed by atoms with Crippen molar-refractivity contribution in [2.75, 3.05) is 26.2 Å². The molecular weight excluding hydrogens is 250 g/mol. The van der Waals surface area contributed by atoms with Crippen molar-refractivity contribution in [1.29, 1.82) is 0 Å². The van der Waals surface area contributed by atoms with E-state index < -0.39 is 10.2 Å². The third kappa shape index (κ3) is 4.19. The summed E-state index contributed by atoms with van der Waals surface area (Å²) in [6, 6.07) is 0. The van der Waals surface area contributed by atoms with Gasteiger partial charge in [0, 0.05) is 19.6 Å². The van der Waals surface area contributed by atoms with E-state index in [1.807, 2.05) is 0 Å². The van der Waals surface area contributed by atoms with Crippen LogP contribution < -0.4 is 10.5 Å². The molecule has 1 aliphatic heterocycles. The maximum atomic E-state index is 12.0. The van der Waals surface area contributed by atoms with Crippen LogP contribution in [0.5, 0.6) is 0 Å². The topological polar surface area (TPSA) is 75.4 Å². The molecule has 18 heavy (non-hydrogen) atoms. The highest BCUT2D eigenvalue weighted by molar-refractivity contribution is 7.87. The Balaban J connectivity index is 1.68. The summed E-state index contributed by atoms with van der Waals surface area (Å²) in [5.41, 5.74) is 5.61. The summed E-state index contributed by atoms with van der Waals surface area (Å²) >= 11 is 0. The Labute approximate surface area is 110 Å².